The molecular formula is C12H6Cl4OS. The van der Waals surface area contributed by atoms with Crippen LogP contribution in [0.15, 0.2) is 46.2 Å². The molecule has 0 saturated heterocycles. The fraction of sp³-hybridized carbons (Fsp3) is 0. The van der Waals surface area contributed by atoms with Crippen LogP contribution in [0, 0.1) is 0 Å². The van der Waals surface area contributed by atoms with Crippen LogP contribution in [-0.2, 0) is 10.8 Å². The van der Waals surface area contributed by atoms with Crippen molar-refractivity contribution in [1.29, 1.82) is 0 Å². The van der Waals surface area contributed by atoms with Crippen LogP contribution in [0.4, 0.5) is 0 Å². The van der Waals surface area contributed by atoms with Crippen LogP contribution in [-0.4, -0.2) is 4.21 Å². The topological polar surface area (TPSA) is 17.1 Å². The van der Waals surface area contributed by atoms with Gasteiger partial charge >= 0.3 is 0 Å². The summed E-state index contributed by atoms with van der Waals surface area (Å²) in [5.74, 6) is 0. The zero-order valence-electron chi connectivity index (χ0n) is 8.79. The molecule has 18 heavy (non-hydrogen) atoms. The number of halogens is 4. The fourth-order valence-corrected chi connectivity index (χ4v) is 3.38. The summed E-state index contributed by atoms with van der Waals surface area (Å²) in [6.07, 6.45) is 0. The van der Waals surface area contributed by atoms with Gasteiger partial charge in [0.05, 0.1) is 30.8 Å². The van der Waals surface area contributed by atoms with E-state index in [1.54, 1.807) is 24.3 Å². The molecule has 6 heteroatoms. The Kier molecular flexibility index (Phi) is 4.57. The highest BCUT2D eigenvalue weighted by Crippen LogP contribution is 2.32. The van der Waals surface area contributed by atoms with E-state index in [1.807, 2.05) is 0 Å². The van der Waals surface area contributed by atoms with Gasteiger partial charge in [0.2, 0.25) is 0 Å². The van der Waals surface area contributed by atoms with E-state index >= 15 is 0 Å². The maximum atomic E-state index is 12.3. The molecule has 0 bridgehead atoms. The summed E-state index contributed by atoms with van der Waals surface area (Å²) in [6, 6.07) is 9.68. The van der Waals surface area contributed by atoms with E-state index in [-0.39, 0.29) is 0 Å². The predicted octanol–water partition coefficient (Wildman–Crippen LogP) is 5.47. The summed E-state index contributed by atoms with van der Waals surface area (Å²) in [4.78, 5) is 1.02. The lowest BCUT2D eigenvalue weighted by molar-refractivity contribution is 0.683. The number of hydrogen-bond donors (Lipinski definition) is 0. The second-order valence-electron chi connectivity index (χ2n) is 3.42. The predicted molar refractivity (Wildman–Crippen MR) is 77.6 cm³/mol. The van der Waals surface area contributed by atoms with Crippen molar-refractivity contribution in [2.75, 3.05) is 0 Å². The highest BCUT2D eigenvalue weighted by Gasteiger charge is 2.14. The van der Waals surface area contributed by atoms with Crippen LogP contribution in [0.5, 0.6) is 0 Å². The van der Waals surface area contributed by atoms with Crippen LogP contribution in [0.25, 0.3) is 0 Å². The molecule has 2 aromatic rings. The van der Waals surface area contributed by atoms with Gasteiger partial charge in [-0.1, -0.05) is 46.4 Å². The van der Waals surface area contributed by atoms with Crippen LogP contribution >= 0.6 is 46.4 Å². The van der Waals surface area contributed by atoms with E-state index in [1.165, 1.54) is 12.1 Å². The fourth-order valence-electron chi connectivity index (χ4n) is 1.33. The van der Waals surface area contributed by atoms with Gasteiger partial charge in [0.1, 0.15) is 0 Å². The number of benzene rings is 2. The molecule has 2 aromatic carbocycles. The van der Waals surface area contributed by atoms with Crippen molar-refractivity contribution in [2.45, 2.75) is 9.79 Å². The minimum atomic E-state index is -1.42. The minimum absolute atomic E-state index is 0.317. The minimum Gasteiger partial charge on any atom is -0.249 e. The van der Waals surface area contributed by atoms with Gasteiger partial charge in [-0.05, 0) is 36.4 Å². The smallest absolute Gasteiger partial charge is 0.0865 e. The van der Waals surface area contributed by atoms with E-state index in [2.05, 4.69) is 0 Å². The van der Waals surface area contributed by atoms with E-state index in [4.69, 9.17) is 46.4 Å². The Balaban J connectivity index is 2.46. The lowest BCUT2D eigenvalue weighted by atomic mass is 10.3. The van der Waals surface area contributed by atoms with Crippen molar-refractivity contribution in [3.05, 3.63) is 56.5 Å². The first kappa shape index (κ1) is 14.2. The molecule has 0 aromatic heterocycles. The largest absolute Gasteiger partial charge is 0.249 e. The molecule has 0 aliphatic rings. The van der Waals surface area contributed by atoms with Crippen LogP contribution in [0.3, 0.4) is 0 Å². The standard InChI is InChI=1S/C12H6Cl4OS/c13-7-1-3-8(4-2-7)18(17)12-6-10(15)9(14)5-11(12)16/h1-6H/t18-/m1/s1. The van der Waals surface area contributed by atoms with Crippen molar-refractivity contribution in [1.82, 2.24) is 0 Å². The molecule has 0 saturated carbocycles. The highest BCUT2D eigenvalue weighted by molar-refractivity contribution is 7.85. The Morgan fingerprint density at radius 2 is 1.33 bits per heavy atom. The zero-order chi connectivity index (χ0) is 13.3. The van der Waals surface area contributed by atoms with E-state index < -0.39 is 10.8 Å². The Bertz CT molecular complexity index is 610. The van der Waals surface area contributed by atoms with Gasteiger partial charge in [-0.2, -0.15) is 0 Å². The van der Waals surface area contributed by atoms with Crippen LogP contribution in [0.2, 0.25) is 20.1 Å². The molecule has 1 nitrogen and oxygen atoms in total. The molecule has 0 aliphatic heterocycles. The first-order valence-electron chi connectivity index (χ1n) is 4.81. The summed E-state index contributed by atoms with van der Waals surface area (Å²) in [5, 5.41) is 1.55. The summed E-state index contributed by atoms with van der Waals surface area (Å²) in [7, 11) is -1.42. The van der Waals surface area contributed by atoms with Crippen molar-refractivity contribution >= 4 is 57.2 Å². The molecule has 0 amide bonds. The van der Waals surface area contributed by atoms with Gasteiger partial charge in [0.15, 0.2) is 0 Å². The average Bonchev–Trinajstić information content (AvgIpc) is 2.34. The van der Waals surface area contributed by atoms with Crippen molar-refractivity contribution in [3.63, 3.8) is 0 Å². The average molecular weight is 340 g/mol. The summed E-state index contributed by atoms with van der Waals surface area (Å²) >= 11 is 23.5. The molecule has 1 atom stereocenters. The van der Waals surface area contributed by atoms with E-state index in [0.29, 0.717) is 29.9 Å². The molecule has 0 unspecified atom stereocenters. The normalized spacial score (nSPS) is 12.4. The van der Waals surface area contributed by atoms with Gasteiger partial charge in [-0.25, -0.2) is 4.21 Å². The second-order valence-corrected chi connectivity index (χ2v) is 6.53. The maximum absolute atomic E-state index is 12.3. The Labute approximate surface area is 127 Å². The number of hydrogen-bond acceptors (Lipinski definition) is 1. The van der Waals surface area contributed by atoms with Crippen molar-refractivity contribution in [3.8, 4) is 0 Å². The number of rotatable bonds is 2. The first-order valence-corrected chi connectivity index (χ1v) is 7.47. The SMILES string of the molecule is O=[S@](c1ccc(Cl)cc1)c1cc(Cl)c(Cl)cc1Cl. The monoisotopic (exact) mass is 338 g/mol. The van der Waals surface area contributed by atoms with Crippen molar-refractivity contribution < 1.29 is 4.21 Å². The molecule has 0 heterocycles. The summed E-state index contributed by atoms with van der Waals surface area (Å²) < 4.78 is 12.3. The molecule has 0 radical (unpaired) electrons. The molecule has 0 fully saturated rings. The Hall–Kier alpha value is -0.250. The molecule has 0 N–H and O–H groups in total. The Morgan fingerprint density at radius 1 is 0.778 bits per heavy atom. The molecule has 0 spiro atoms. The molecular weight excluding hydrogens is 334 g/mol. The second kappa shape index (κ2) is 5.81. The van der Waals surface area contributed by atoms with Gasteiger partial charge < -0.3 is 0 Å². The lowest BCUT2D eigenvalue weighted by Crippen LogP contribution is -1.94. The lowest BCUT2D eigenvalue weighted by Gasteiger charge is -2.06. The van der Waals surface area contributed by atoms with E-state index in [9.17, 15) is 4.21 Å². The molecule has 94 valence electrons. The van der Waals surface area contributed by atoms with Crippen molar-refractivity contribution in [2.24, 2.45) is 0 Å². The molecule has 0 aliphatic carbocycles. The third-order valence-corrected chi connectivity index (χ3v) is 5.04. The van der Waals surface area contributed by atoms with Crippen LogP contribution in [0.1, 0.15) is 0 Å². The first-order chi connectivity index (χ1) is 8.49. The quantitative estimate of drug-likeness (QED) is 0.663. The van der Waals surface area contributed by atoms with Gasteiger partial charge in [0.25, 0.3) is 0 Å². The maximum Gasteiger partial charge on any atom is 0.0865 e. The van der Waals surface area contributed by atoms with Gasteiger partial charge in [-0.3, -0.25) is 0 Å². The highest BCUT2D eigenvalue weighted by atomic mass is 35.5. The Morgan fingerprint density at radius 3 is 1.94 bits per heavy atom. The summed E-state index contributed by atoms with van der Waals surface area (Å²) in [6.45, 7) is 0. The van der Waals surface area contributed by atoms with Crippen LogP contribution < -0.4 is 0 Å². The van der Waals surface area contributed by atoms with Gasteiger partial charge in [-0.15, -0.1) is 0 Å². The molecule has 2 rings (SSSR count). The van der Waals surface area contributed by atoms with Gasteiger partial charge in [0, 0.05) is 9.92 Å². The van der Waals surface area contributed by atoms with E-state index in [0.717, 1.165) is 0 Å². The third kappa shape index (κ3) is 3.01. The zero-order valence-corrected chi connectivity index (χ0v) is 12.6. The summed E-state index contributed by atoms with van der Waals surface area (Å²) in [5.41, 5.74) is 0. The third-order valence-electron chi connectivity index (χ3n) is 2.20.